The van der Waals surface area contributed by atoms with Crippen LogP contribution in [-0.4, -0.2) is 12.3 Å². The summed E-state index contributed by atoms with van der Waals surface area (Å²) in [6, 6.07) is 16.4. The minimum Gasteiger partial charge on any atom is -0.312 e. The Kier molecular flexibility index (Phi) is 3.66. The molecule has 1 aliphatic rings. The lowest BCUT2D eigenvalue weighted by molar-refractivity contribution is -0.119. The van der Waals surface area contributed by atoms with Crippen LogP contribution in [0, 0.1) is 6.92 Å². The summed E-state index contributed by atoms with van der Waals surface area (Å²) in [5.41, 5.74) is 4.78. The molecule has 1 heterocycles. The molecule has 0 fully saturated rings. The summed E-state index contributed by atoms with van der Waals surface area (Å²) in [6.07, 6.45) is 0.521. The Morgan fingerprint density at radius 3 is 2.75 bits per heavy atom. The van der Waals surface area contributed by atoms with Crippen molar-refractivity contribution in [1.29, 1.82) is 0 Å². The van der Waals surface area contributed by atoms with Crippen LogP contribution in [0.2, 0.25) is 0 Å². The largest absolute Gasteiger partial charge is 0.312 e. The zero-order chi connectivity index (χ0) is 13.9. The Morgan fingerprint density at radius 1 is 1.15 bits per heavy atom. The standard InChI is InChI=1S/C18H19NO/c1-13-6-2-3-7-14(13)10-18(20)17-12-19-11-15-8-4-5-9-16(15)17/h2-9,17,19H,10-12H2,1H3. The number of hydrogen-bond acceptors (Lipinski definition) is 2. The number of aryl methyl sites for hydroxylation is 1. The van der Waals surface area contributed by atoms with Crippen LogP contribution in [0.15, 0.2) is 48.5 Å². The fourth-order valence-corrected chi connectivity index (χ4v) is 2.90. The molecule has 0 bridgehead atoms. The van der Waals surface area contributed by atoms with Crippen molar-refractivity contribution in [3.05, 3.63) is 70.8 Å². The van der Waals surface area contributed by atoms with E-state index in [9.17, 15) is 4.79 Å². The van der Waals surface area contributed by atoms with Crippen molar-refractivity contribution in [1.82, 2.24) is 5.32 Å². The van der Waals surface area contributed by atoms with E-state index in [2.05, 4.69) is 36.5 Å². The molecule has 1 atom stereocenters. The van der Waals surface area contributed by atoms with Gasteiger partial charge in [-0.2, -0.15) is 0 Å². The molecular formula is C18H19NO. The molecule has 0 spiro atoms. The van der Waals surface area contributed by atoms with E-state index in [1.807, 2.05) is 24.3 Å². The number of carbonyl (C=O) groups is 1. The van der Waals surface area contributed by atoms with Crippen LogP contribution in [0.4, 0.5) is 0 Å². The summed E-state index contributed by atoms with van der Waals surface area (Å²) in [5, 5.41) is 3.35. The first-order valence-electron chi connectivity index (χ1n) is 7.11. The van der Waals surface area contributed by atoms with Crippen molar-refractivity contribution in [3.63, 3.8) is 0 Å². The van der Waals surface area contributed by atoms with Gasteiger partial charge in [-0.25, -0.2) is 0 Å². The first-order valence-corrected chi connectivity index (χ1v) is 7.11. The molecule has 20 heavy (non-hydrogen) atoms. The maximum atomic E-state index is 12.6. The molecule has 2 aromatic carbocycles. The van der Waals surface area contributed by atoms with Crippen molar-refractivity contribution < 1.29 is 4.79 Å². The highest BCUT2D eigenvalue weighted by Crippen LogP contribution is 2.26. The number of nitrogens with one attached hydrogen (secondary N) is 1. The van der Waals surface area contributed by atoms with Gasteiger partial charge in [-0.1, -0.05) is 48.5 Å². The van der Waals surface area contributed by atoms with Crippen LogP contribution in [0.5, 0.6) is 0 Å². The van der Waals surface area contributed by atoms with Gasteiger partial charge in [0.2, 0.25) is 0 Å². The highest BCUT2D eigenvalue weighted by atomic mass is 16.1. The van der Waals surface area contributed by atoms with Crippen LogP contribution in [0.1, 0.15) is 28.2 Å². The maximum absolute atomic E-state index is 12.6. The van der Waals surface area contributed by atoms with Crippen molar-refractivity contribution in [2.24, 2.45) is 0 Å². The molecule has 2 aromatic rings. The van der Waals surface area contributed by atoms with E-state index in [4.69, 9.17) is 0 Å². The van der Waals surface area contributed by atoms with E-state index in [0.717, 1.165) is 18.7 Å². The summed E-state index contributed by atoms with van der Waals surface area (Å²) < 4.78 is 0. The normalized spacial score (nSPS) is 17.6. The maximum Gasteiger partial charge on any atom is 0.145 e. The molecule has 1 unspecified atom stereocenters. The zero-order valence-corrected chi connectivity index (χ0v) is 11.7. The van der Waals surface area contributed by atoms with E-state index < -0.39 is 0 Å². The predicted molar refractivity (Wildman–Crippen MR) is 80.8 cm³/mol. The smallest absolute Gasteiger partial charge is 0.145 e. The lowest BCUT2D eigenvalue weighted by atomic mass is 9.85. The minimum absolute atomic E-state index is 0.0143. The van der Waals surface area contributed by atoms with Crippen LogP contribution in [0.3, 0.4) is 0 Å². The average molecular weight is 265 g/mol. The van der Waals surface area contributed by atoms with Gasteiger partial charge in [0, 0.05) is 19.5 Å². The van der Waals surface area contributed by atoms with Gasteiger partial charge < -0.3 is 5.32 Å². The SMILES string of the molecule is Cc1ccccc1CC(=O)C1CNCc2ccccc21. The molecular weight excluding hydrogens is 246 g/mol. The minimum atomic E-state index is -0.0143. The van der Waals surface area contributed by atoms with Crippen molar-refractivity contribution >= 4 is 5.78 Å². The Balaban J connectivity index is 1.84. The molecule has 0 aliphatic carbocycles. The zero-order valence-electron chi connectivity index (χ0n) is 11.7. The van der Waals surface area contributed by atoms with Gasteiger partial charge in [-0.15, -0.1) is 0 Å². The average Bonchev–Trinajstić information content (AvgIpc) is 2.49. The first-order chi connectivity index (χ1) is 9.75. The van der Waals surface area contributed by atoms with E-state index >= 15 is 0 Å². The van der Waals surface area contributed by atoms with Crippen molar-refractivity contribution in [3.8, 4) is 0 Å². The Hall–Kier alpha value is -1.93. The van der Waals surface area contributed by atoms with Gasteiger partial charge >= 0.3 is 0 Å². The third-order valence-corrected chi connectivity index (χ3v) is 4.11. The Morgan fingerprint density at radius 2 is 1.90 bits per heavy atom. The van der Waals surface area contributed by atoms with Gasteiger partial charge in [0.25, 0.3) is 0 Å². The molecule has 3 rings (SSSR count). The van der Waals surface area contributed by atoms with E-state index in [0.29, 0.717) is 12.2 Å². The van der Waals surface area contributed by atoms with Gasteiger partial charge in [0.15, 0.2) is 0 Å². The van der Waals surface area contributed by atoms with Crippen LogP contribution in [-0.2, 0) is 17.8 Å². The number of rotatable bonds is 3. The highest BCUT2D eigenvalue weighted by molar-refractivity contribution is 5.88. The molecule has 1 aliphatic heterocycles. The fourth-order valence-electron chi connectivity index (χ4n) is 2.90. The number of benzene rings is 2. The molecule has 0 radical (unpaired) electrons. The lowest BCUT2D eigenvalue weighted by Gasteiger charge is -2.25. The molecule has 0 aromatic heterocycles. The molecule has 2 heteroatoms. The lowest BCUT2D eigenvalue weighted by Crippen LogP contribution is -2.33. The van der Waals surface area contributed by atoms with Gasteiger partial charge in [0.1, 0.15) is 5.78 Å². The Labute approximate surface area is 119 Å². The summed E-state index contributed by atoms with van der Waals surface area (Å²) in [6.45, 7) is 3.68. The van der Waals surface area contributed by atoms with Crippen molar-refractivity contribution in [2.45, 2.75) is 25.8 Å². The number of ketones is 1. The quantitative estimate of drug-likeness (QED) is 0.924. The third-order valence-electron chi connectivity index (χ3n) is 4.11. The number of Topliss-reactive ketones (excluding diaryl/α,β-unsaturated/α-hetero) is 1. The van der Waals surface area contributed by atoms with E-state index in [1.54, 1.807) is 0 Å². The topological polar surface area (TPSA) is 29.1 Å². The van der Waals surface area contributed by atoms with Gasteiger partial charge in [-0.3, -0.25) is 4.79 Å². The molecule has 0 saturated carbocycles. The second kappa shape index (κ2) is 5.59. The summed E-state index contributed by atoms with van der Waals surface area (Å²) in [7, 11) is 0. The monoisotopic (exact) mass is 265 g/mol. The molecule has 2 nitrogen and oxygen atoms in total. The molecule has 0 saturated heterocycles. The third kappa shape index (κ3) is 2.52. The molecule has 0 amide bonds. The Bertz CT molecular complexity index is 633. The summed E-state index contributed by atoms with van der Waals surface area (Å²) >= 11 is 0. The predicted octanol–water partition coefficient (Wildman–Crippen LogP) is 2.99. The van der Waals surface area contributed by atoms with Gasteiger partial charge in [0.05, 0.1) is 5.92 Å². The van der Waals surface area contributed by atoms with Crippen LogP contribution in [0.25, 0.3) is 0 Å². The number of hydrogen-bond donors (Lipinski definition) is 1. The second-order valence-electron chi connectivity index (χ2n) is 5.45. The van der Waals surface area contributed by atoms with Crippen LogP contribution >= 0.6 is 0 Å². The van der Waals surface area contributed by atoms with Crippen LogP contribution < -0.4 is 5.32 Å². The number of carbonyl (C=O) groups excluding carboxylic acids is 1. The molecule has 1 N–H and O–H groups in total. The fraction of sp³-hybridized carbons (Fsp3) is 0.278. The van der Waals surface area contributed by atoms with Gasteiger partial charge in [-0.05, 0) is 29.2 Å². The number of fused-ring (bicyclic) bond motifs is 1. The highest BCUT2D eigenvalue weighted by Gasteiger charge is 2.25. The van der Waals surface area contributed by atoms with E-state index in [1.165, 1.54) is 16.7 Å². The first kappa shape index (κ1) is 13.1. The second-order valence-corrected chi connectivity index (χ2v) is 5.45. The summed E-state index contributed by atoms with van der Waals surface area (Å²) in [5.74, 6) is 0.290. The molecule has 102 valence electrons. The van der Waals surface area contributed by atoms with E-state index in [-0.39, 0.29) is 5.92 Å². The van der Waals surface area contributed by atoms with Crippen molar-refractivity contribution in [2.75, 3.05) is 6.54 Å². The summed E-state index contributed by atoms with van der Waals surface area (Å²) in [4.78, 5) is 12.6.